The van der Waals surface area contributed by atoms with E-state index in [2.05, 4.69) is 0 Å². The van der Waals surface area contributed by atoms with Gasteiger partial charge in [-0.25, -0.2) is 0 Å². The molecule has 3 nitrogen and oxygen atoms in total. The number of rotatable bonds is 4. The van der Waals surface area contributed by atoms with Crippen molar-refractivity contribution in [3.05, 3.63) is 29.3 Å². The van der Waals surface area contributed by atoms with Crippen molar-refractivity contribution in [3.63, 3.8) is 0 Å². The van der Waals surface area contributed by atoms with E-state index in [1.807, 2.05) is 23.1 Å². The molecule has 4 heteroatoms. The number of alkyl halides is 1. The topological polar surface area (TPSA) is 29.5 Å². The molecule has 2 aliphatic rings. The molecule has 0 N–H and O–H groups in total. The monoisotopic (exact) mass is 265 g/mol. The molecule has 96 valence electrons. The number of carbonyl (C=O) groups is 1. The summed E-state index contributed by atoms with van der Waals surface area (Å²) in [5, 5.41) is 0. The first kappa shape index (κ1) is 11.8. The van der Waals surface area contributed by atoms with Crippen LogP contribution in [-0.2, 0) is 6.42 Å². The van der Waals surface area contributed by atoms with E-state index in [1.54, 1.807) is 0 Å². The Bertz CT molecular complexity index is 471. The molecule has 0 unspecified atom stereocenters. The Kier molecular flexibility index (Phi) is 3.16. The third-order valence-electron chi connectivity index (χ3n) is 3.51. The SMILES string of the molecule is O=C(c1ccc2c(c1)CCO2)N(CCCl)C1CC1. The fourth-order valence-electron chi connectivity index (χ4n) is 2.41. The lowest BCUT2D eigenvalue weighted by molar-refractivity contribution is 0.0753. The molecule has 1 heterocycles. The second-order valence-corrected chi connectivity index (χ2v) is 5.22. The molecule has 0 radical (unpaired) electrons. The lowest BCUT2D eigenvalue weighted by atomic mass is 10.1. The smallest absolute Gasteiger partial charge is 0.254 e. The minimum atomic E-state index is 0.104. The molecule has 1 aliphatic carbocycles. The van der Waals surface area contributed by atoms with Gasteiger partial charge in [0.1, 0.15) is 5.75 Å². The van der Waals surface area contributed by atoms with Gasteiger partial charge in [-0.15, -0.1) is 11.6 Å². The van der Waals surface area contributed by atoms with Crippen molar-refractivity contribution < 1.29 is 9.53 Å². The van der Waals surface area contributed by atoms with Crippen LogP contribution in [-0.4, -0.2) is 35.9 Å². The van der Waals surface area contributed by atoms with E-state index in [-0.39, 0.29) is 5.91 Å². The Morgan fingerprint density at radius 2 is 2.28 bits per heavy atom. The standard InChI is InChI=1S/C14H16ClNO2/c15-6-7-16(12-2-3-12)14(17)11-1-4-13-10(9-11)5-8-18-13/h1,4,9,12H,2-3,5-8H2. The van der Waals surface area contributed by atoms with E-state index in [4.69, 9.17) is 16.3 Å². The van der Waals surface area contributed by atoms with Gasteiger partial charge in [-0.2, -0.15) is 0 Å². The summed E-state index contributed by atoms with van der Waals surface area (Å²) < 4.78 is 5.45. The molecule has 0 aromatic heterocycles. The number of ether oxygens (including phenoxy) is 1. The van der Waals surface area contributed by atoms with Crippen LogP contribution >= 0.6 is 11.6 Å². The van der Waals surface area contributed by atoms with Crippen LogP contribution in [0.15, 0.2) is 18.2 Å². The number of halogens is 1. The summed E-state index contributed by atoms with van der Waals surface area (Å²) in [6.07, 6.45) is 3.11. The predicted molar refractivity (Wildman–Crippen MR) is 70.4 cm³/mol. The highest BCUT2D eigenvalue weighted by molar-refractivity contribution is 6.18. The number of hydrogen-bond donors (Lipinski definition) is 0. The van der Waals surface area contributed by atoms with Crippen LogP contribution in [0.3, 0.4) is 0 Å². The highest BCUT2D eigenvalue weighted by Gasteiger charge is 2.32. The molecule has 1 aliphatic heterocycles. The molecule has 3 rings (SSSR count). The van der Waals surface area contributed by atoms with E-state index in [1.165, 1.54) is 0 Å². The van der Waals surface area contributed by atoms with Crippen LogP contribution in [0, 0.1) is 0 Å². The van der Waals surface area contributed by atoms with Crippen LogP contribution in [0.5, 0.6) is 5.75 Å². The zero-order valence-electron chi connectivity index (χ0n) is 10.2. The molecule has 18 heavy (non-hydrogen) atoms. The maximum Gasteiger partial charge on any atom is 0.254 e. The number of benzene rings is 1. The van der Waals surface area contributed by atoms with Gasteiger partial charge in [0, 0.05) is 30.5 Å². The zero-order chi connectivity index (χ0) is 12.5. The zero-order valence-corrected chi connectivity index (χ0v) is 10.9. The van der Waals surface area contributed by atoms with Crippen molar-refractivity contribution in [1.82, 2.24) is 4.90 Å². The van der Waals surface area contributed by atoms with Crippen molar-refractivity contribution in [1.29, 1.82) is 0 Å². The van der Waals surface area contributed by atoms with E-state index in [0.29, 0.717) is 18.5 Å². The highest BCUT2D eigenvalue weighted by atomic mass is 35.5. The normalized spacial score (nSPS) is 17.2. The first-order valence-electron chi connectivity index (χ1n) is 6.42. The Labute approximate surface area is 112 Å². The van der Waals surface area contributed by atoms with Gasteiger partial charge in [-0.1, -0.05) is 0 Å². The molecular formula is C14H16ClNO2. The molecule has 1 fully saturated rings. The van der Waals surface area contributed by atoms with Crippen LogP contribution in [0.1, 0.15) is 28.8 Å². The fraction of sp³-hybridized carbons (Fsp3) is 0.500. The van der Waals surface area contributed by atoms with E-state index in [9.17, 15) is 4.79 Å². The first-order chi connectivity index (χ1) is 8.79. The van der Waals surface area contributed by atoms with Crippen molar-refractivity contribution in [2.75, 3.05) is 19.0 Å². The maximum atomic E-state index is 12.4. The summed E-state index contributed by atoms with van der Waals surface area (Å²) in [7, 11) is 0. The van der Waals surface area contributed by atoms with Crippen LogP contribution in [0.25, 0.3) is 0 Å². The number of amides is 1. The number of carbonyl (C=O) groups excluding carboxylic acids is 1. The molecule has 0 bridgehead atoms. The summed E-state index contributed by atoms with van der Waals surface area (Å²) in [6, 6.07) is 6.13. The van der Waals surface area contributed by atoms with E-state index in [0.717, 1.165) is 42.7 Å². The van der Waals surface area contributed by atoms with Gasteiger partial charge in [-0.3, -0.25) is 4.79 Å². The van der Waals surface area contributed by atoms with Gasteiger partial charge in [-0.05, 0) is 36.6 Å². The molecule has 0 saturated heterocycles. The molecule has 0 spiro atoms. The Balaban J connectivity index is 1.82. The molecule has 1 saturated carbocycles. The molecule has 1 amide bonds. The third kappa shape index (κ3) is 2.19. The Morgan fingerprint density at radius 3 is 3.00 bits per heavy atom. The molecule has 1 aromatic carbocycles. The lowest BCUT2D eigenvalue weighted by Crippen LogP contribution is -2.34. The summed E-state index contributed by atoms with van der Waals surface area (Å²) in [4.78, 5) is 14.3. The molecule has 0 atom stereocenters. The van der Waals surface area contributed by atoms with Gasteiger partial charge in [0.2, 0.25) is 0 Å². The fourth-order valence-corrected chi connectivity index (χ4v) is 2.59. The lowest BCUT2D eigenvalue weighted by Gasteiger charge is -2.21. The summed E-state index contributed by atoms with van der Waals surface area (Å²) in [5.74, 6) is 1.52. The van der Waals surface area contributed by atoms with Gasteiger partial charge >= 0.3 is 0 Å². The molecule has 1 aromatic rings. The summed E-state index contributed by atoms with van der Waals surface area (Å²) in [6.45, 7) is 1.36. The van der Waals surface area contributed by atoms with E-state index >= 15 is 0 Å². The summed E-state index contributed by atoms with van der Waals surface area (Å²) in [5.41, 5.74) is 1.90. The second-order valence-electron chi connectivity index (χ2n) is 4.84. The largest absolute Gasteiger partial charge is 0.493 e. The van der Waals surface area contributed by atoms with Crippen LogP contribution in [0.4, 0.5) is 0 Å². The highest BCUT2D eigenvalue weighted by Crippen LogP contribution is 2.30. The Hall–Kier alpha value is -1.22. The van der Waals surface area contributed by atoms with Crippen molar-refractivity contribution in [3.8, 4) is 5.75 Å². The molecular weight excluding hydrogens is 250 g/mol. The minimum absolute atomic E-state index is 0.104. The number of fused-ring (bicyclic) bond motifs is 1. The Morgan fingerprint density at radius 1 is 1.44 bits per heavy atom. The van der Waals surface area contributed by atoms with Crippen LogP contribution in [0.2, 0.25) is 0 Å². The average molecular weight is 266 g/mol. The maximum absolute atomic E-state index is 12.4. The van der Waals surface area contributed by atoms with Crippen molar-refractivity contribution in [2.45, 2.75) is 25.3 Å². The van der Waals surface area contributed by atoms with Gasteiger partial charge in [0.15, 0.2) is 0 Å². The van der Waals surface area contributed by atoms with Gasteiger partial charge in [0.25, 0.3) is 5.91 Å². The van der Waals surface area contributed by atoms with Crippen LogP contribution < -0.4 is 4.74 Å². The van der Waals surface area contributed by atoms with Gasteiger partial charge < -0.3 is 9.64 Å². The van der Waals surface area contributed by atoms with Crippen molar-refractivity contribution in [2.24, 2.45) is 0 Å². The quantitative estimate of drug-likeness (QED) is 0.783. The van der Waals surface area contributed by atoms with Gasteiger partial charge in [0.05, 0.1) is 6.61 Å². The number of hydrogen-bond acceptors (Lipinski definition) is 2. The first-order valence-corrected chi connectivity index (χ1v) is 6.95. The minimum Gasteiger partial charge on any atom is -0.493 e. The van der Waals surface area contributed by atoms with Crippen molar-refractivity contribution >= 4 is 17.5 Å². The third-order valence-corrected chi connectivity index (χ3v) is 3.68. The second kappa shape index (κ2) is 4.81. The van der Waals surface area contributed by atoms with E-state index < -0.39 is 0 Å². The number of nitrogens with zero attached hydrogens (tertiary/aromatic N) is 1. The average Bonchev–Trinajstić information content (AvgIpc) is 3.12. The summed E-state index contributed by atoms with van der Waals surface area (Å²) >= 11 is 5.78. The predicted octanol–water partition coefficient (Wildman–Crippen LogP) is 2.46.